The molecule has 0 radical (unpaired) electrons. The number of rotatable bonds is 5. The molecule has 200 valence electrons. The van der Waals surface area contributed by atoms with Crippen molar-refractivity contribution in [2.75, 3.05) is 24.3 Å². The average Bonchev–Trinajstić information content (AvgIpc) is 3.44. The summed E-state index contributed by atoms with van der Waals surface area (Å²) in [6.07, 6.45) is 4.36. The van der Waals surface area contributed by atoms with Crippen LogP contribution in [0.25, 0.3) is 0 Å². The normalized spacial score (nSPS) is 22.8. The van der Waals surface area contributed by atoms with E-state index in [-0.39, 0.29) is 30.3 Å². The summed E-state index contributed by atoms with van der Waals surface area (Å²) < 4.78 is 5.28. The Morgan fingerprint density at radius 2 is 1.87 bits per heavy atom. The third kappa shape index (κ3) is 4.24. The number of aromatic nitrogens is 1. The standard InChI is InChI=1S/C31H32N4O4/c1-30(2)13-12-25(19-7-10-23(39-3)11-8-19)35(29(30)38)18-26(36)33-22-9-6-20-16-31(17-21(20)15-22)24-5-4-14-32-27(24)34-28(31)37/h4-11,14-15,25H,12-13,16-18H2,1-3H3,(H,33,36)(H,32,34,37)/t25-,31+/m0/s1. The Labute approximate surface area is 227 Å². The third-order valence-corrected chi connectivity index (χ3v) is 8.54. The van der Waals surface area contributed by atoms with E-state index in [0.717, 1.165) is 40.8 Å². The van der Waals surface area contributed by atoms with E-state index in [1.54, 1.807) is 18.2 Å². The number of nitrogens with one attached hydrogen (secondary N) is 2. The fourth-order valence-corrected chi connectivity index (χ4v) is 6.35. The number of methoxy groups -OCH3 is 1. The van der Waals surface area contributed by atoms with Crippen molar-refractivity contribution >= 4 is 29.2 Å². The highest BCUT2D eigenvalue weighted by Gasteiger charge is 2.51. The number of nitrogens with zero attached hydrogens (tertiary/aromatic N) is 2. The predicted molar refractivity (Wildman–Crippen MR) is 147 cm³/mol. The molecular formula is C31H32N4O4. The average molecular weight is 525 g/mol. The number of benzene rings is 2. The maximum atomic E-state index is 13.4. The first kappa shape index (κ1) is 25.1. The van der Waals surface area contributed by atoms with Crippen LogP contribution in [0.2, 0.25) is 0 Å². The third-order valence-electron chi connectivity index (χ3n) is 8.54. The predicted octanol–water partition coefficient (Wildman–Crippen LogP) is 4.41. The summed E-state index contributed by atoms with van der Waals surface area (Å²) >= 11 is 0. The lowest BCUT2D eigenvalue weighted by molar-refractivity contribution is -0.150. The van der Waals surface area contributed by atoms with Crippen LogP contribution in [0.4, 0.5) is 11.5 Å². The van der Waals surface area contributed by atoms with E-state index in [4.69, 9.17) is 4.74 Å². The van der Waals surface area contributed by atoms with Crippen LogP contribution in [0.3, 0.4) is 0 Å². The van der Waals surface area contributed by atoms with Crippen LogP contribution in [-0.4, -0.2) is 41.3 Å². The molecule has 0 saturated carbocycles. The molecule has 0 unspecified atom stereocenters. The van der Waals surface area contributed by atoms with E-state index >= 15 is 0 Å². The maximum Gasteiger partial charge on any atom is 0.244 e. The summed E-state index contributed by atoms with van der Waals surface area (Å²) in [5, 5.41) is 5.93. The molecule has 1 aliphatic carbocycles. The van der Waals surface area contributed by atoms with Crippen LogP contribution in [0.5, 0.6) is 5.75 Å². The Bertz CT molecular complexity index is 1480. The monoisotopic (exact) mass is 524 g/mol. The van der Waals surface area contributed by atoms with Crippen molar-refractivity contribution < 1.29 is 19.1 Å². The van der Waals surface area contributed by atoms with E-state index in [9.17, 15) is 14.4 Å². The summed E-state index contributed by atoms with van der Waals surface area (Å²) in [7, 11) is 1.62. The largest absolute Gasteiger partial charge is 0.497 e. The number of fused-ring (bicyclic) bond motifs is 3. The van der Waals surface area contributed by atoms with Crippen molar-refractivity contribution in [1.82, 2.24) is 9.88 Å². The van der Waals surface area contributed by atoms with E-state index in [2.05, 4.69) is 15.6 Å². The lowest BCUT2D eigenvalue weighted by atomic mass is 9.78. The Balaban J connectivity index is 1.20. The van der Waals surface area contributed by atoms with Gasteiger partial charge >= 0.3 is 0 Å². The second-order valence-corrected chi connectivity index (χ2v) is 11.5. The molecule has 2 aliphatic heterocycles. The highest BCUT2D eigenvalue weighted by molar-refractivity contribution is 6.06. The maximum absolute atomic E-state index is 13.4. The van der Waals surface area contributed by atoms with Gasteiger partial charge in [0.1, 0.15) is 18.1 Å². The van der Waals surface area contributed by atoms with Gasteiger partial charge in [0.25, 0.3) is 0 Å². The topological polar surface area (TPSA) is 101 Å². The van der Waals surface area contributed by atoms with Gasteiger partial charge in [0.15, 0.2) is 0 Å². The van der Waals surface area contributed by atoms with Gasteiger partial charge < -0.3 is 20.3 Å². The molecule has 3 heterocycles. The van der Waals surface area contributed by atoms with Gasteiger partial charge in [-0.1, -0.05) is 38.1 Å². The number of amides is 3. The first-order valence-corrected chi connectivity index (χ1v) is 13.3. The first-order valence-electron chi connectivity index (χ1n) is 13.3. The van der Waals surface area contributed by atoms with Crippen molar-refractivity contribution in [2.45, 2.75) is 51.0 Å². The Morgan fingerprint density at radius 3 is 2.64 bits per heavy atom. The molecule has 1 fully saturated rings. The van der Waals surface area contributed by atoms with Crippen molar-refractivity contribution in [3.05, 3.63) is 83.0 Å². The molecule has 1 saturated heterocycles. The van der Waals surface area contributed by atoms with Gasteiger partial charge in [-0.2, -0.15) is 0 Å². The smallest absolute Gasteiger partial charge is 0.244 e. The molecule has 3 aromatic rings. The van der Waals surface area contributed by atoms with Crippen LogP contribution in [0.15, 0.2) is 60.8 Å². The zero-order valence-corrected chi connectivity index (χ0v) is 22.4. The van der Waals surface area contributed by atoms with Crippen LogP contribution >= 0.6 is 0 Å². The van der Waals surface area contributed by atoms with Crippen LogP contribution in [0.1, 0.15) is 55.0 Å². The van der Waals surface area contributed by atoms with Gasteiger partial charge in [0, 0.05) is 22.9 Å². The summed E-state index contributed by atoms with van der Waals surface area (Å²) in [4.78, 5) is 45.8. The zero-order chi connectivity index (χ0) is 27.4. The lowest BCUT2D eigenvalue weighted by Crippen LogP contribution is -2.50. The minimum absolute atomic E-state index is 0.0277. The van der Waals surface area contributed by atoms with Crippen LogP contribution in [-0.2, 0) is 32.6 Å². The molecule has 3 amide bonds. The molecule has 2 N–H and O–H groups in total. The Kier molecular flexibility index (Phi) is 5.93. The quantitative estimate of drug-likeness (QED) is 0.515. The number of carbonyl (C=O) groups is 3. The fraction of sp³-hybridized carbons (Fsp3) is 0.355. The fourth-order valence-electron chi connectivity index (χ4n) is 6.35. The van der Waals surface area contributed by atoms with E-state index in [0.29, 0.717) is 24.3 Å². The van der Waals surface area contributed by atoms with Crippen molar-refractivity contribution in [3.63, 3.8) is 0 Å². The van der Waals surface area contributed by atoms with Gasteiger partial charge in [0.2, 0.25) is 17.7 Å². The van der Waals surface area contributed by atoms with Crippen molar-refractivity contribution in [3.8, 4) is 5.75 Å². The van der Waals surface area contributed by atoms with Gasteiger partial charge in [-0.05, 0) is 72.7 Å². The Morgan fingerprint density at radius 1 is 1.10 bits per heavy atom. The van der Waals surface area contributed by atoms with Gasteiger partial charge in [-0.25, -0.2) is 4.98 Å². The minimum atomic E-state index is -0.661. The molecule has 8 nitrogen and oxygen atoms in total. The molecule has 6 rings (SSSR count). The minimum Gasteiger partial charge on any atom is -0.497 e. The van der Waals surface area contributed by atoms with Gasteiger partial charge in [-0.15, -0.1) is 0 Å². The second kappa shape index (κ2) is 9.22. The molecule has 0 bridgehead atoms. The number of likely N-dealkylation sites (tertiary alicyclic amines) is 1. The molecule has 3 aliphatic rings. The summed E-state index contributed by atoms with van der Waals surface area (Å²) in [6.45, 7) is 3.84. The number of hydrogen-bond donors (Lipinski definition) is 2. The number of piperidine rings is 1. The highest BCUT2D eigenvalue weighted by Crippen LogP contribution is 2.47. The summed E-state index contributed by atoms with van der Waals surface area (Å²) in [6, 6.07) is 17.1. The molecule has 1 aromatic heterocycles. The highest BCUT2D eigenvalue weighted by atomic mass is 16.5. The molecular weight excluding hydrogens is 492 g/mol. The molecule has 2 atom stereocenters. The van der Waals surface area contributed by atoms with Crippen LogP contribution < -0.4 is 15.4 Å². The molecule has 8 heteroatoms. The number of carbonyl (C=O) groups excluding carboxylic acids is 3. The van der Waals surface area contributed by atoms with E-state index < -0.39 is 10.8 Å². The van der Waals surface area contributed by atoms with Gasteiger partial charge in [0.05, 0.1) is 18.6 Å². The number of ether oxygens (including phenoxy) is 1. The SMILES string of the molecule is COc1ccc([C@@H]2CCC(C)(C)C(=O)N2CC(=O)Nc2ccc3c(c2)C[C@@]2(C3)C(=O)Nc3ncccc32)cc1. The second-order valence-electron chi connectivity index (χ2n) is 11.5. The number of anilines is 2. The van der Waals surface area contributed by atoms with Gasteiger partial charge in [-0.3, -0.25) is 14.4 Å². The summed E-state index contributed by atoms with van der Waals surface area (Å²) in [5.74, 6) is 1.07. The molecule has 1 spiro atoms. The summed E-state index contributed by atoms with van der Waals surface area (Å²) in [5.41, 5.74) is 3.50. The number of hydrogen-bond acceptors (Lipinski definition) is 5. The van der Waals surface area contributed by atoms with Crippen molar-refractivity contribution in [1.29, 1.82) is 0 Å². The van der Waals surface area contributed by atoms with E-state index in [1.165, 1.54) is 0 Å². The van der Waals surface area contributed by atoms with E-state index in [1.807, 2.05) is 68.4 Å². The zero-order valence-electron chi connectivity index (χ0n) is 22.4. The Hall–Kier alpha value is -4.20. The number of pyridine rings is 1. The molecule has 39 heavy (non-hydrogen) atoms. The molecule has 2 aromatic carbocycles. The van der Waals surface area contributed by atoms with Crippen molar-refractivity contribution in [2.24, 2.45) is 5.41 Å². The first-order chi connectivity index (χ1) is 18.7. The lowest BCUT2D eigenvalue weighted by Gasteiger charge is -2.43. The van der Waals surface area contributed by atoms with Crippen LogP contribution in [0, 0.1) is 5.41 Å².